The highest BCUT2D eigenvalue weighted by Crippen LogP contribution is 2.30. The number of alkyl halides is 3. The van der Waals surface area contributed by atoms with E-state index in [0.717, 1.165) is 0 Å². The van der Waals surface area contributed by atoms with Gasteiger partial charge in [0.25, 0.3) is 12.0 Å². The van der Waals surface area contributed by atoms with Gasteiger partial charge in [-0.2, -0.15) is 13.2 Å². The molecule has 2 atom stereocenters. The molecule has 2 amide bonds. The second-order valence-corrected chi connectivity index (χ2v) is 7.75. The van der Waals surface area contributed by atoms with E-state index in [1.807, 2.05) is 0 Å². The Morgan fingerprint density at radius 3 is 2.31 bits per heavy atom. The van der Waals surface area contributed by atoms with Crippen LogP contribution in [0.15, 0.2) is 48.8 Å². The first kappa shape index (κ1) is 23.8. The predicted molar refractivity (Wildman–Crippen MR) is 112 cm³/mol. The van der Waals surface area contributed by atoms with Crippen molar-refractivity contribution in [3.63, 3.8) is 0 Å². The minimum atomic E-state index is -5.10. The molecule has 7 nitrogen and oxygen atoms in total. The fourth-order valence-corrected chi connectivity index (χ4v) is 3.63. The van der Waals surface area contributed by atoms with E-state index in [-0.39, 0.29) is 11.6 Å². The fourth-order valence-electron chi connectivity index (χ4n) is 3.51. The van der Waals surface area contributed by atoms with E-state index in [4.69, 9.17) is 11.6 Å². The van der Waals surface area contributed by atoms with Gasteiger partial charge >= 0.3 is 12.3 Å². The Labute approximate surface area is 187 Å². The number of anilines is 1. The van der Waals surface area contributed by atoms with Crippen molar-refractivity contribution >= 4 is 29.3 Å². The van der Waals surface area contributed by atoms with Gasteiger partial charge in [-0.1, -0.05) is 11.6 Å². The number of rotatable bonds is 6. The van der Waals surface area contributed by atoms with Crippen molar-refractivity contribution in [2.45, 2.75) is 31.2 Å². The number of nitrogens with zero attached hydrogens (tertiary/aromatic N) is 1. The largest absolute Gasteiger partial charge is 0.434 e. The first-order chi connectivity index (χ1) is 15.2. The zero-order valence-corrected chi connectivity index (χ0v) is 17.6. The van der Waals surface area contributed by atoms with Crippen molar-refractivity contribution in [3.8, 4) is 0 Å². The predicted octanol–water partition coefficient (Wildman–Crippen LogP) is 4.07. The van der Waals surface area contributed by atoms with Crippen LogP contribution in [-0.2, 0) is 9.53 Å². The fraction of sp³-hybridized carbons (Fsp3) is 0.381. The van der Waals surface area contributed by atoms with Crippen LogP contribution < -0.4 is 16.0 Å². The van der Waals surface area contributed by atoms with Crippen LogP contribution in [0.25, 0.3) is 0 Å². The van der Waals surface area contributed by atoms with Crippen molar-refractivity contribution < 1.29 is 27.5 Å². The van der Waals surface area contributed by atoms with Gasteiger partial charge in [-0.15, -0.1) is 0 Å². The van der Waals surface area contributed by atoms with Crippen LogP contribution in [0.2, 0.25) is 5.02 Å². The Hall–Kier alpha value is -2.85. The number of hydrogen-bond acceptors (Lipinski definition) is 5. The lowest BCUT2D eigenvalue weighted by atomic mass is 9.86. The van der Waals surface area contributed by atoms with Crippen LogP contribution >= 0.6 is 11.6 Å². The summed E-state index contributed by atoms with van der Waals surface area (Å²) in [5.41, 5.74) is 0.803. The summed E-state index contributed by atoms with van der Waals surface area (Å²) in [5.74, 6) is -1.52. The first-order valence-corrected chi connectivity index (χ1v) is 10.3. The van der Waals surface area contributed by atoms with Crippen molar-refractivity contribution in [1.82, 2.24) is 15.6 Å². The standard InChI is InChI=1S/C21H22ClF3N4O3/c22-15-1-3-16(4-2-15)28-20(31)32-18(21(23,24)25)19(30)29-17(13-5-9-26-10-6-13)14-7-11-27-12-8-14/h1-6,9-10,14,17-18,27H,7-8,11-12H2,(H,28,31)(H,29,30). The normalized spacial score (nSPS) is 16.6. The quantitative estimate of drug-likeness (QED) is 0.592. The Kier molecular flexibility index (Phi) is 7.92. The van der Waals surface area contributed by atoms with E-state index in [1.54, 1.807) is 12.1 Å². The molecule has 0 aliphatic carbocycles. The third-order valence-electron chi connectivity index (χ3n) is 5.07. The van der Waals surface area contributed by atoms with E-state index >= 15 is 0 Å². The lowest BCUT2D eigenvalue weighted by molar-refractivity contribution is -0.204. The molecule has 1 aromatic heterocycles. The van der Waals surface area contributed by atoms with Crippen LogP contribution in [0.5, 0.6) is 0 Å². The highest BCUT2D eigenvalue weighted by atomic mass is 35.5. The number of hydrogen-bond donors (Lipinski definition) is 3. The molecule has 32 heavy (non-hydrogen) atoms. The summed E-state index contributed by atoms with van der Waals surface area (Å²) < 4.78 is 45.3. The van der Waals surface area contributed by atoms with Gasteiger partial charge in [-0.05, 0) is 73.8 Å². The van der Waals surface area contributed by atoms with Crippen LogP contribution in [0.3, 0.4) is 0 Å². The SMILES string of the molecule is O=C(Nc1ccc(Cl)cc1)OC(C(=O)NC(c1ccncc1)C1CCNCC1)C(F)(F)F. The van der Waals surface area contributed by atoms with Crippen molar-refractivity contribution in [2.75, 3.05) is 18.4 Å². The topological polar surface area (TPSA) is 92.3 Å². The Morgan fingerprint density at radius 1 is 1.09 bits per heavy atom. The molecule has 11 heteroatoms. The van der Waals surface area contributed by atoms with E-state index in [1.165, 1.54) is 36.7 Å². The summed E-state index contributed by atoms with van der Waals surface area (Å²) in [6, 6.07) is 8.28. The van der Waals surface area contributed by atoms with Gasteiger partial charge in [0.15, 0.2) is 0 Å². The zero-order valence-electron chi connectivity index (χ0n) is 16.9. The highest BCUT2D eigenvalue weighted by Gasteiger charge is 2.49. The molecule has 0 radical (unpaired) electrons. The monoisotopic (exact) mass is 470 g/mol. The molecule has 0 bridgehead atoms. The molecule has 1 aromatic carbocycles. The third-order valence-corrected chi connectivity index (χ3v) is 5.32. The minimum absolute atomic E-state index is 0.0839. The maximum atomic E-state index is 13.6. The summed E-state index contributed by atoms with van der Waals surface area (Å²) in [7, 11) is 0. The smallest absolute Gasteiger partial charge is 0.426 e. The van der Waals surface area contributed by atoms with E-state index in [0.29, 0.717) is 36.5 Å². The van der Waals surface area contributed by atoms with E-state index in [2.05, 4.69) is 25.7 Å². The molecule has 3 rings (SSSR count). The molecule has 1 fully saturated rings. The molecule has 1 aliphatic rings. The van der Waals surface area contributed by atoms with Crippen molar-refractivity contribution in [3.05, 3.63) is 59.4 Å². The second-order valence-electron chi connectivity index (χ2n) is 7.31. The number of carbonyl (C=O) groups is 2. The molecular weight excluding hydrogens is 449 g/mol. The maximum absolute atomic E-state index is 13.6. The Balaban J connectivity index is 1.74. The molecule has 3 N–H and O–H groups in total. The number of ether oxygens (including phenoxy) is 1. The lowest BCUT2D eigenvalue weighted by Crippen LogP contribution is -2.50. The average molecular weight is 471 g/mol. The Bertz CT molecular complexity index is 907. The maximum Gasteiger partial charge on any atom is 0.434 e. The minimum Gasteiger partial charge on any atom is -0.426 e. The summed E-state index contributed by atoms with van der Waals surface area (Å²) in [4.78, 5) is 28.6. The first-order valence-electron chi connectivity index (χ1n) is 9.95. The average Bonchev–Trinajstić information content (AvgIpc) is 2.77. The highest BCUT2D eigenvalue weighted by molar-refractivity contribution is 6.30. The summed E-state index contributed by atoms with van der Waals surface area (Å²) in [6.45, 7) is 1.37. The van der Waals surface area contributed by atoms with E-state index < -0.39 is 30.3 Å². The van der Waals surface area contributed by atoms with Crippen LogP contribution in [0.1, 0.15) is 24.4 Å². The molecule has 1 aliphatic heterocycles. The number of aromatic nitrogens is 1. The van der Waals surface area contributed by atoms with Crippen molar-refractivity contribution in [1.29, 1.82) is 0 Å². The van der Waals surface area contributed by atoms with Crippen molar-refractivity contribution in [2.24, 2.45) is 5.92 Å². The molecule has 172 valence electrons. The number of piperidine rings is 1. The summed E-state index contributed by atoms with van der Waals surface area (Å²) >= 11 is 5.74. The molecule has 2 aromatic rings. The molecule has 2 unspecified atom stereocenters. The van der Waals surface area contributed by atoms with Crippen LogP contribution in [-0.4, -0.2) is 42.4 Å². The molecule has 0 saturated carbocycles. The van der Waals surface area contributed by atoms with Gasteiger partial charge in [0.05, 0.1) is 6.04 Å². The number of benzene rings is 1. The molecule has 1 saturated heterocycles. The van der Waals surface area contributed by atoms with Gasteiger partial charge in [0.1, 0.15) is 0 Å². The van der Waals surface area contributed by atoms with Gasteiger partial charge in [-0.25, -0.2) is 4.79 Å². The van der Waals surface area contributed by atoms with E-state index in [9.17, 15) is 22.8 Å². The second kappa shape index (κ2) is 10.6. The summed E-state index contributed by atoms with van der Waals surface area (Å²) in [6.07, 6.45) is -5.13. The molecular formula is C21H22ClF3N4O3. The number of pyridine rings is 1. The van der Waals surface area contributed by atoms with Crippen LogP contribution in [0, 0.1) is 5.92 Å². The zero-order chi connectivity index (χ0) is 23.1. The number of carbonyl (C=O) groups excluding carboxylic acids is 2. The lowest BCUT2D eigenvalue weighted by Gasteiger charge is -2.32. The van der Waals surface area contributed by atoms with Gasteiger partial charge in [-0.3, -0.25) is 15.1 Å². The molecule has 0 spiro atoms. The Morgan fingerprint density at radius 2 is 1.72 bits per heavy atom. The summed E-state index contributed by atoms with van der Waals surface area (Å²) in [5, 5.41) is 8.18. The van der Waals surface area contributed by atoms with Gasteiger partial charge in [0.2, 0.25) is 0 Å². The van der Waals surface area contributed by atoms with Crippen LogP contribution in [0.4, 0.5) is 23.7 Å². The van der Waals surface area contributed by atoms with Gasteiger partial charge < -0.3 is 15.4 Å². The third kappa shape index (κ3) is 6.57. The number of halogens is 4. The number of amides is 2. The van der Waals surface area contributed by atoms with Gasteiger partial charge in [0, 0.05) is 23.1 Å². The molecule has 2 heterocycles. The number of nitrogens with one attached hydrogen (secondary N) is 3.